The van der Waals surface area contributed by atoms with Gasteiger partial charge in [-0.3, -0.25) is 14.6 Å². The molecule has 4 aromatic rings. The number of hydrogen-bond donors (Lipinski definition) is 0. The van der Waals surface area contributed by atoms with Crippen molar-refractivity contribution in [3.05, 3.63) is 78.4 Å². The van der Waals surface area contributed by atoms with Gasteiger partial charge >= 0.3 is 0 Å². The molecule has 1 amide bonds. The zero-order valence-electron chi connectivity index (χ0n) is 20.3. The second kappa shape index (κ2) is 12.3. The number of ether oxygens (including phenoxy) is 2. The number of hydrogen-bond acceptors (Lipinski definition) is 6. The molecular weight excluding hydrogens is 494 g/mol. The first-order valence-corrected chi connectivity index (χ1v) is 12.7. The summed E-state index contributed by atoms with van der Waals surface area (Å²) in [6.45, 7) is 4.96. The van der Waals surface area contributed by atoms with Crippen LogP contribution in [-0.2, 0) is 4.74 Å². The second-order valence-corrected chi connectivity index (χ2v) is 9.55. The highest BCUT2D eigenvalue weighted by molar-refractivity contribution is 7.22. The van der Waals surface area contributed by atoms with Gasteiger partial charge < -0.3 is 9.47 Å². The van der Waals surface area contributed by atoms with Crippen molar-refractivity contribution in [1.82, 2.24) is 9.88 Å². The molecule has 0 radical (unpaired) electrons. The average molecular weight is 524 g/mol. The predicted molar refractivity (Wildman–Crippen MR) is 149 cm³/mol. The lowest BCUT2D eigenvalue weighted by Gasteiger charge is -2.27. The molecule has 36 heavy (non-hydrogen) atoms. The molecule has 0 unspecified atom stereocenters. The molecule has 5 rings (SSSR count). The summed E-state index contributed by atoms with van der Waals surface area (Å²) in [6.07, 6.45) is 0.868. The summed E-state index contributed by atoms with van der Waals surface area (Å²) in [6, 6.07) is 23.9. The fraction of sp³-hybridized carbons (Fsp3) is 0.286. The van der Waals surface area contributed by atoms with Gasteiger partial charge in [0.1, 0.15) is 5.75 Å². The molecule has 1 aromatic heterocycles. The average Bonchev–Trinajstić information content (AvgIpc) is 3.35. The van der Waals surface area contributed by atoms with Crippen LogP contribution in [0.5, 0.6) is 5.75 Å². The first-order chi connectivity index (χ1) is 17.2. The topological polar surface area (TPSA) is 54.9 Å². The van der Waals surface area contributed by atoms with E-state index in [1.807, 2.05) is 65.6 Å². The van der Waals surface area contributed by atoms with Crippen LogP contribution in [0.1, 0.15) is 16.8 Å². The van der Waals surface area contributed by atoms with Crippen LogP contribution in [0.3, 0.4) is 0 Å². The van der Waals surface area contributed by atoms with Crippen LogP contribution in [0.15, 0.2) is 72.8 Å². The van der Waals surface area contributed by atoms with Gasteiger partial charge in [-0.05, 0) is 47.9 Å². The molecule has 2 heterocycles. The summed E-state index contributed by atoms with van der Waals surface area (Å²) in [7, 11) is 1.66. The Morgan fingerprint density at radius 2 is 1.75 bits per heavy atom. The van der Waals surface area contributed by atoms with Gasteiger partial charge in [0, 0.05) is 31.7 Å². The maximum atomic E-state index is 13.7. The molecule has 0 N–H and O–H groups in total. The molecule has 1 aliphatic rings. The normalized spacial score (nSPS) is 13.8. The van der Waals surface area contributed by atoms with Gasteiger partial charge in [0.2, 0.25) is 0 Å². The lowest BCUT2D eigenvalue weighted by Crippen LogP contribution is -2.39. The first kappa shape index (κ1) is 26.1. The quantitative estimate of drug-likeness (QED) is 0.294. The maximum Gasteiger partial charge on any atom is 0.260 e. The van der Waals surface area contributed by atoms with E-state index in [0.29, 0.717) is 17.2 Å². The van der Waals surface area contributed by atoms with Crippen LogP contribution in [0.4, 0.5) is 5.13 Å². The highest BCUT2D eigenvalue weighted by atomic mass is 35.5. The molecule has 0 saturated carbocycles. The van der Waals surface area contributed by atoms with Crippen LogP contribution in [0.2, 0.25) is 0 Å². The number of halogens is 1. The fourth-order valence-electron chi connectivity index (χ4n) is 4.29. The Morgan fingerprint density at radius 3 is 2.47 bits per heavy atom. The van der Waals surface area contributed by atoms with E-state index in [2.05, 4.69) is 17.0 Å². The van der Waals surface area contributed by atoms with Crippen LogP contribution in [0.25, 0.3) is 21.3 Å². The highest BCUT2D eigenvalue weighted by Crippen LogP contribution is 2.32. The summed E-state index contributed by atoms with van der Waals surface area (Å²) in [4.78, 5) is 22.7. The number of aromatic nitrogens is 1. The van der Waals surface area contributed by atoms with E-state index in [1.54, 1.807) is 7.11 Å². The first-order valence-electron chi connectivity index (χ1n) is 11.9. The van der Waals surface area contributed by atoms with Crippen molar-refractivity contribution in [3.8, 4) is 16.9 Å². The van der Waals surface area contributed by atoms with E-state index in [9.17, 15) is 4.79 Å². The molecule has 6 nitrogen and oxygen atoms in total. The largest absolute Gasteiger partial charge is 0.497 e. The minimum Gasteiger partial charge on any atom is -0.497 e. The maximum absolute atomic E-state index is 13.7. The summed E-state index contributed by atoms with van der Waals surface area (Å²) in [5.74, 6) is 0.756. The number of anilines is 1. The molecule has 1 aliphatic heterocycles. The third-order valence-electron chi connectivity index (χ3n) is 6.26. The summed E-state index contributed by atoms with van der Waals surface area (Å²) >= 11 is 1.52. The van der Waals surface area contributed by atoms with E-state index in [0.717, 1.165) is 66.4 Å². The Kier molecular flexibility index (Phi) is 8.93. The van der Waals surface area contributed by atoms with E-state index in [4.69, 9.17) is 14.5 Å². The van der Waals surface area contributed by atoms with Crippen molar-refractivity contribution < 1.29 is 14.3 Å². The van der Waals surface area contributed by atoms with Crippen LogP contribution in [0, 0.1) is 0 Å². The van der Waals surface area contributed by atoms with Gasteiger partial charge in [-0.15, -0.1) is 12.4 Å². The molecule has 1 fully saturated rings. The number of morpholine rings is 1. The minimum absolute atomic E-state index is 0. The van der Waals surface area contributed by atoms with Gasteiger partial charge in [-0.2, -0.15) is 0 Å². The van der Waals surface area contributed by atoms with Crippen molar-refractivity contribution in [2.24, 2.45) is 0 Å². The van der Waals surface area contributed by atoms with Gasteiger partial charge in [0.05, 0.1) is 30.5 Å². The van der Waals surface area contributed by atoms with Crippen LogP contribution >= 0.6 is 23.7 Å². The molecule has 1 saturated heterocycles. The monoisotopic (exact) mass is 523 g/mol. The summed E-state index contributed by atoms with van der Waals surface area (Å²) in [5.41, 5.74) is 3.76. The molecule has 3 aromatic carbocycles. The number of nitrogens with zero attached hydrogens (tertiary/aromatic N) is 3. The van der Waals surface area contributed by atoms with E-state index >= 15 is 0 Å². The lowest BCUT2D eigenvalue weighted by molar-refractivity contribution is 0.0376. The van der Waals surface area contributed by atoms with Crippen molar-refractivity contribution in [3.63, 3.8) is 0 Å². The standard InChI is InChI=1S/C28H29N3O3S.ClH/c1-33-24-12-13-25-26(20-24)35-28(29-25)31(15-5-14-30-16-18-34-19-17-30)27(32)23-10-8-22(9-11-23)21-6-3-2-4-7-21;/h2-4,6-13,20H,5,14-19H2,1H3;1H. The third kappa shape index (κ3) is 6.05. The molecule has 0 atom stereocenters. The fourth-order valence-corrected chi connectivity index (χ4v) is 5.31. The van der Waals surface area contributed by atoms with Crippen molar-refractivity contribution in [1.29, 1.82) is 0 Å². The second-order valence-electron chi connectivity index (χ2n) is 8.54. The van der Waals surface area contributed by atoms with Crippen LogP contribution < -0.4 is 9.64 Å². The number of amides is 1. The number of methoxy groups -OCH3 is 1. The van der Waals surface area contributed by atoms with Gasteiger partial charge in [0.15, 0.2) is 5.13 Å². The molecular formula is C28H30ClN3O3S. The Bertz CT molecular complexity index is 1270. The summed E-state index contributed by atoms with van der Waals surface area (Å²) in [5, 5.41) is 0.715. The number of benzene rings is 3. The molecule has 0 spiro atoms. The third-order valence-corrected chi connectivity index (χ3v) is 7.30. The smallest absolute Gasteiger partial charge is 0.260 e. The zero-order valence-corrected chi connectivity index (χ0v) is 21.9. The Morgan fingerprint density at radius 1 is 1.03 bits per heavy atom. The number of carbonyl (C=O) groups excluding carboxylic acids is 1. The van der Waals surface area contributed by atoms with Crippen molar-refractivity contribution in [2.75, 3.05) is 51.4 Å². The van der Waals surface area contributed by atoms with Gasteiger partial charge in [0.25, 0.3) is 5.91 Å². The Hall–Kier alpha value is -2.97. The molecule has 188 valence electrons. The number of fused-ring (bicyclic) bond motifs is 1. The molecule has 8 heteroatoms. The van der Waals surface area contributed by atoms with Gasteiger partial charge in [-0.25, -0.2) is 4.98 Å². The zero-order chi connectivity index (χ0) is 24.0. The highest BCUT2D eigenvalue weighted by Gasteiger charge is 2.22. The predicted octanol–water partition coefficient (Wildman–Crippen LogP) is 5.76. The van der Waals surface area contributed by atoms with E-state index in [1.165, 1.54) is 11.3 Å². The summed E-state index contributed by atoms with van der Waals surface area (Å²) < 4.78 is 11.8. The Labute approximate surface area is 221 Å². The van der Waals surface area contributed by atoms with Crippen molar-refractivity contribution >= 4 is 45.0 Å². The minimum atomic E-state index is -0.0300. The Balaban J connectivity index is 0.00000304. The molecule has 0 aliphatic carbocycles. The lowest BCUT2D eigenvalue weighted by atomic mass is 10.0. The SMILES string of the molecule is COc1ccc2nc(N(CCCN3CCOCC3)C(=O)c3ccc(-c4ccccc4)cc3)sc2c1.Cl. The molecule has 0 bridgehead atoms. The van der Waals surface area contributed by atoms with Crippen LogP contribution in [-0.4, -0.2) is 62.3 Å². The van der Waals surface area contributed by atoms with Gasteiger partial charge in [-0.1, -0.05) is 53.8 Å². The van der Waals surface area contributed by atoms with E-state index in [-0.39, 0.29) is 18.3 Å². The number of thiazole rings is 1. The number of carbonyl (C=O) groups is 1. The van der Waals surface area contributed by atoms with E-state index < -0.39 is 0 Å². The van der Waals surface area contributed by atoms with Crippen molar-refractivity contribution in [2.45, 2.75) is 6.42 Å². The number of rotatable bonds is 8.